The maximum Gasteiger partial charge on any atom is 0.0332 e. The van der Waals surface area contributed by atoms with Crippen LogP contribution in [0.1, 0.15) is 86.0 Å². The summed E-state index contributed by atoms with van der Waals surface area (Å²) in [4.78, 5) is 4.49. The zero-order valence-corrected chi connectivity index (χ0v) is 15.1. The van der Waals surface area contributed by atoms with Gasteiger partial charge in [0, 0.05) is 11.9 Å². The molecule has 1 nitrogen and oxygen atoms in total. The first-order valence-electron chi connectivity index (χ1n) is 8.94. The fraction of sp³-hybridized carbons (Fsp3) is 0.750. The van der Waals surface area contributed by atoms with Crippen molar-refractivity contribution in [1.82, 2.24) is 0 Å². The van der Waals surface area contributed by atoms with Gasteiger partial charge >= 0.3 is 0 Å². The summed E-state index contributed by atoms with van der Waals surface area (Å²) in [5.41, 5.74) is 2.31. The first-order valence-corrected chi connectivity index (χ1v) is 8.94. The van der Waals surface area contributed by atoms with Crippen LogP contribution in [-0.2, 0) is 0 Å². The first-order chi connectivity index (χ1) is 10.1. The molecule has 0 aliphatic carbocycles. The number of aliphatic imine (C=N–C) groups is 1. The van der Waals surface area contributed by atoms with E-state index in [4.69, 9.17) is 0 Å². The Morgan fingerprint density at radius 1 is 1.10 bits per heavy atom. The van der Waals surface area contributed by atoms with Crippen molar-refractivity contribution in [3.05, 3.63) is 23.9 Å². The molecule has 0 fully saturated rings. The van der Waals surface area contributed by atoms with Crippen molar-refractivity contribution in [3.8, 4) is 0 Å². The highest BCUT2D eigenvalue weighted by atomic mass is 14.7. The highest BCUT2D eigenvalue weighted by Crippen LogP contribution is 2.23. The van der Waals surface area contributed by atoms with Crippen molar-refractivity contribution in [1.29, 1.82) is 0 Å². The van der Waals surface area contributed by atoms with Gasteiger partial charge in [-0.2, -0.15) is 0 Å². The smallest absolute Gasteiger partial charge is 0.0332 e. The van der Waals surface area contributed by atoms with Crippen molar-refractivity contribution < 1.29 is 0 Å². The molecule has 2 unspecified atom stereocenters. The van der Waals surface area contributed by atoms with Crippen LogP contribution in [0.4, 0.5) is 0 Å². The van der Waals surface area contributed by atoms with Gasteiger partial charge in [0.2, 0.25) is 0 Å². The zero-order chi connectivity index (χ0) is 16.1. The lowest BCUT2D eigenvalue weighted by Crippen LogP contribution is -2.03. The Labute approximate surface area is 133 Å². The topological polar surface area (TPSA) is 12.4 Å². The predicted molar refractivity (Wildman–Crippen MR) is 98.0 cm³/mol. The lowest BCUT2D eigenvalue weighted by molar-refractivity contribution is 0.367. The quantitative estimate of drug-likeness (QED) is 0.345. The Hall–Kier alpha value is -0.850. The number of nitrogens with zero attached hydrogens (tertiary/aromatic N) is 1. The van der Waals surface area contributed by atoms with Crippen LogP contribution in [0.15, 0.2) is 28.9 Å². The van der Waals surface area contributed by atoms with Gasteiger partial charge < -0.3 is 0 Å². The lowest BCUT2D eigenvalue weighted by Gasteiger charge is -2.17. The van der Waals surface area contributed by atoms with Crippen molar-refractivity contribution >= 4 is 6.21 Å². The van der Waals surface area contributed by atoms with Crippen LogP contribution in [0.5, 0.6) is 0 Å². The van der Waals surface area contributed by atoms with E-state index in [9.17, 15) is 0 Å². The fourth-order valence-electron chi connectivity index (χ4n) is 2.65. The Morgan fingerprint density at radius 2 is 1.81 bits per heavy atom. The van der Waals surface area contributed by atoms with Gasteiger partial charge in [-0.15, -0.1) is 0 Å². The summed E-state index contributed by atoms with van der Waals surface area (Å²) in [5.74, 6) is 1.72. The van der Waals surface area contributed by atoms with E-state index in [0.29, 0.717) is 0 Å². The number of rotatable bonds is 12. The van der Waals surface area contributed by atoms with E-state index in [0.717, 1.165) is 30.4 Å². The van der Waals surface area contributed by atoms with Crippen LogP contribution >= 0.6 is 0 Å². The maximum atomic E-state index is 4.49. The van der Waals surface area contributed by atoms with Gasteiger partial charge in [-0.3, -0.25) is 4.99 Å². The molecule has 0 spiro atoms. The summed E-state index contributed by atoms with van der Waals surface area (Å²) < 4.78 is 0. The number of hydrogen-bond donors (Lipinski definition) is 0. The molecule has 0 aromatic carbocycles. The average Bonchev–Trinajstić information content (AvgIpc) is 2.50. The molecule has 0 aliphatic heterocycles. The van der Waals surface area contributed by atoms with Gasteiger partial charge in [0.25, 0.3) is 0 Å². The summed E-state index contributed by atoms with van der Waals surface area (Å²) >= 11 is 0. The van der Waals surface area contributed by atoms with Gasteiger partial charge in [0.05, 0.1) is 0 Å². The van der Waals surface area contributed by atoms with Crippen molar-refractivity contribution in [2.24, 2.45) is 16.8 Å². The molecule has 0 saturated heterocycles. The molecule has 2 atom stereocenters. The molecule has 0 radical (unpaired) electrons. The molecule has 0 aromatic heterocycles. The fourth-order valence-corrected chi connectivity index (χ4v) is 2.65. The van der Waals surface area contributed by atoms with Crippen LogP contribution in [0.3, 0.4) is 0 Å². The molecule has 0 bridgehead atoms. The molecule has 21 heavy (non-hydrogen) atoms. The maximum absolute atomic E-state index is 4.49. The normalized spacial score (nSPS) is 15.4. The predicted octanol–water partition coefficient (Wildman–Crippen LogP) is 6.95. The van der Waals surface area contributed by atoms with Gasteiger partial charge in [-0.1, -0.05) is 72.5 Å². The van der Waals surface area contributed by atoms with Crippen LogP contribution in [0, 0.1) is 11.8 Å². The van der Waals surface area contributed by atoms with Gasteiger partial charge in [0.1, 0.15) is 0 Å². The van der Waals surface area contributed by atoms with Crippen LogP contribution in [-0.4, -0.2) is 6.21 Å². The molecule has 0 saturated carbocycles. The van der Waals surface area contributed by atoms with E-state index in [1.54, 1.807) is 0 Å². The molecule has 0 amide bonds. The molecule has 1 heteroatoms. The third kappa shape index (κ3) is 10.5. The average molecular weight is 292 g/mol. The Bertz CT molecular complexity index is 325. The summed E-state index contributed by atoms with van der Waals surface area (Å²) in [5, 5.41) is 0. The van der Waals surface area contributed by atoms with Crippen molar-refractivity contribution in [3.63, 3.8) is 0 Å². The largest absolute Gasteiger partial charge is 0.262 e. The summed E-state index contributed by atoms with van der Waals surface area (Å²) in [6, 6.07) is 0. The Balaban J connectivity index is 3.96. The number of hydrogen-bond acceptors (Lipinski definition) is 1. The van der Waals surface area contributed by atoms with Crippen molar-refractivity contribution in [2.75, 3.05) is 0 Å². The molecule has 0 heterocycles. The molecule has 122 valence electrons. The third-order valence-electron chi connectivity index (χ3n) is 4.46. The van der Waals surface area contributed by atoms with Crippen LogP contribution in [0.2, 0.25) is 0 Å². The standard InChI is InChI=1S/C20H37N/c1-7-11-20(10-4)15-13-17(5)12-14-18(6)21-16-19(8-2)9-3/h8,16-17,20H,6-7,9-15H2,1-5H3/b19-8-,21-16?. The Morgan fingerprint density at radius 3 is 2.33 bits per heavy atom. The molecular weight excluding hydrogens is 254 g/mol. The van der Waals surface area contributed by atoms with Gasteiger partial charge in [-0.05, 0) is 43.6 Å². The molecular formula is C20H37N. The third-order valence-corrected chi connectivity index (χ3v) is 4.46. The molecule has 0 N–H and O–H groups in total. The summed E-state index contributed by atoms with van der Waals surface area (Å²) in [6.45, 7) is 15.3. The minimum Gasteiger partial charge on any atom is -0.262 e. The van der Waals surface area contributed by atoms with E-state index < -0.39 is 0 Å². The highest BCUT2D eigenvalue weighted by molar-refractivity contribution is 5.79. The van der Waals surface area contributed by atoms with Crippen LogP contribution in [0.25, 0.3) is 0 Å². The van der Waals surface area contributed by atoms with E-state index in [1.807, 2.05) is 6.21 Å². The van der Waals surface area contributed by atoms with Crippen LogP contribution < -0.4 is 0 Å². The molecule has 0 aromatic rings. The van der Waals surface area contributed by atoms with Crippen molar-refractivity contribution in [2.45, 2.75) is 86.0 Å². The SMILES string of the molecule is C=C(CCC(C)CCC(CC)CCC)N=C/C(=C\C)CC. The second-order valence-electron chi connectivity index (χ2n) is 6.33. The Kier molecular flexibility index (Phi) is 12.3. The summed E-state index contributed by atoms with van der Waals surface area (Å²) in [6.07, 6.45) is 14.2. The second-order valence-corrected chi connectivity index (χ2v) is 6.33. The van der Waals surface area contributed by atoms with Gasteiger partial charge in [-0.25, -0.2) is 0 Å². The first kappa shape index (κ1) is 20.1. The molecule has 0 rings (SSSR count). The van der Waals surface area contributed by atoms with Gasteiger partial charge in [0.15, 0.2) is 0 Å². The van der Waals surface area contributed by atoms with E-state index >= 15 is 0 Å². The summed E-state index contributed by atoms with van der Waals surface area (Å²) in [7, 11) is 0. The zero-order valence-electron chi connectivity index (χ0n) is 15.1. The monoisotopic (exact) mass is 291 g/mol. The van der Waals surface area contributed by atoms with E-state index in [2.05, 4.69) is 52.3 Å². The molecule has 0 aliphatic rings. The minimum absolute atomic E-state index is 0.787. The second kappa shape index (κ2) is 12.9. The van der Waals surface area contributed by atoms with E-state index in [-0.39, 0.29) is 0 Å². The number of allylic oxidation sites excluding steroid dienone is 3. The van der Waals surface area contributed by atoms with E-state index in [1.165, 1.54) is 44.1 Å². The minimum atomic E-state index is 0.787. The highest BCUT2D eigenvalue weighted by Gasteiger charge is 2.09. The lowest BCUT2D eigenvalue weighted by atomic mass is 9.90.